The van der Waals surface area contributed by atoms with Crippen molar-refractivity contribution in [2.24, 2.45) is 0 Å². The van der Waals surface area contributed by atoms with E-state index in [0.717, 1.165) is 11.3 Å². The molecule has 0 bridgehead atoms. The van der Waals surface area contributed by atoms with Gasteiger partial charge in [0.2, 0.25) is 17.7 Å². The first-order chi connectivity index (χ1) is 16.0. The average molecular weight is 535 g/mol. The van der Waals surface area contributed by atoms with Gasteiger partial charge >= 0.3 is 0 Å². The summed E-state index contributed by atoms with van der Waals surface area (Å²) in [6.07, 6.45) is 1.47. The van der Waals surface area contributed by atoms with Crippen molar-refractivity contribution in [3.05, 3.63) is 56.0 Å². The summed E-state index contributed by atoms with van der Waals surface area (Å²) in [6.45, 7) is 0.566. The summed E-state index contributed by atoms with van der Waals surface area (Å²) < 4.78 is 0. The van der Waals surface area contributed by atoms with Crippen LogP contribution < -0.4 is 10.2 Å². The van der Waals surface area contributed by atoms with Gasteiger partial charge in [-0.1, -0.05) is 46.4 Å². The molecule has 1 spiro atoms. The van der Waals surface area contributed by atoms with Gasteiger partial charge in [0.05, 0.1) is 21.7 Å². The zero-order chi connectivity index (χ0) is 24.4. The molecule has 2 aromatic carbocycles. The van der Waals surface area contributed by atoms with Gasteiger partial charge in [0, 0.05) is 32.0 Å². The predicted octanol–water partition coefficient (Wildman–Crippen LogP) is 3.08. The molecule has 3 amide bonds. The molecule has 0 radical (unpaired) electrons. The summed E-state index contributed by atoms with van der Waals surface area (Å²) >= 11 is 25.3. The molecule has 172 valence electrons. The molecule has 3 saturated heterocycles. The summed E-state index contributed by atoms with van der Waals surface area (Å²) in [5, 5.41) is 1.51. The van der Waals surface area contributed by atoms with E-state index in [4.69, 9.17) is 46.4 Å². The Morgan fingerprint density at radius 2 is 1.56 bits per heavy atom. The Labute approximate surface area is 217 Å². The smallest absolute Gasteiger partial charge is 0.250 e. The third kappa shape index (κ3) is 2.30. The van der Waals surface area contributed by atoms with E-state index < -0.39 is 22.1 Å². The molecule has 4 aliphatic heterocycles. The van der Waals surface area contributed by atoms with Crippen LogP contribution in [0.3, 0.4) is 0 Å². The van der Waals surface area contributed by atoms with Crippen LogP contribution in [0.15, 0.2) is 30.3 Å². The van der Waals surface area contributed by atoms with Crippen molar-refractivity contribution in [3.63, 3.8) is 0 Å². The second-order valence-electron chi connectivity index (χ2n) is 9.73. The molecule has 0 aliphatic carbocycles. The number of fused-ring (bicyclic) bond motifs is 7. The Morgan fingerprint density at radius 1 is 0.912 bits per heavy atom. The SMILES string of the molecule is BC12C(=O)N(c3cc(Cl)cc(Cl)c3)C(=O)C1(B)C1(C(=O)Nc3c(Cl)cc(Cl)cc31)N1CCCC12. The number of imide groups is 1. The fourth-order valence-corrected chi connectivity index (χ4v) is 8.10. The Bertz CT molecular complexity index is 1340. The highest BCUT2D eigenvalue weighted by Crippen LogP contribution is 2.77. The van der Waals surface area contributed by atoms with E-state index >= 15 is 0 Å². The lowest BCUT2D eigenvalue weighted by Gasteiger charge is -2.43. The molecule has 34 heavy (non-hydrogen) atoms. The van der Waals surface area contributed by atoms with Gasteiger partial charge < -0.3 is 5.32 Å². The van der Waals surface area contributed by atoms with Crippen molar-refractivity contribution in [1.82, 2.24) is 4.90 Å². The lowest BCUT2D eigenvalue weighted by Crippen LogP contribution is -2.57. The van der Waals surface area contributed by atoms with E-state index in [9.17, 15) is 14.4 Å². The van der Waals surface area contributed by atoms with Crippen LogP contribution in [0.2, 0.25) is 30.7 Å². The van der Waals surface area contributed by atoms with Crippen molar-refractivity contribution >= 4 is 91.2 Å². The van der Waals surface area contributed by atoms with Crippen molar-refractivity contribution in [1.29, 1.82) is 0 Å². The topological polar surface area (TPSA) is 69.7 Å². The van der Waals surface area contributed by atoms with Gasteiger partial charge in [-0.2, -0.15) is 0 Å². The maximum atomic E-state index is 14.4. The molecule has 4 unspecified atom stereocenters. The summed E-state index contributed by atoms with van der Waals surface area (Å²) in [6, 6.07) is 7.51. The van der Waals surface area contributed by atoms with Crippen LogP contribution in [-0.4, -0.2) is 50.9 Å². The van der Waals surface area contributed by atoms with E-state index in [2.05, 4.69) is 5.32 Å². The first-order valence-corrected chi connectivity index (χ1v) is 12.4. The van der Waals surface area contributed by atoms with Crippen molar-refractivity contribution in [2.45, 2.75) is 35.1 Å². The minimum Gasteiger partial charge on any atom is -0.323 e. The van der Waals surface area contributed by atoms with E-state index in [-0.39, 0.29) is 28.6 Å². The molecular weight excluding hydrogens is 518 g/mol. The highest BCUT2D eigenvalue weighted by Gasteiger charge is 2.85. The van der Waals surface area contributed by atoms with Crippen LogP contribution in [0.25, 0.3) is 0 Å². The Morgan fingerprint density at radius 3 is 2.24 bits per heavy atom. The molecule has 4 aliphatic rings. The number of benzene rings is 2. The Balaban J connectivity index is 1.67. The van der Waals surface area contributed by atoms with Gasteiger partial charge in [0.1, 0.15) is 21.2 Å². The molecular formula is C22H17B2Cl4N3O3. The molecule has 0 saturated carbocycles. The molecule has 4 atom stereocenters. The Kier molecular flexibility index (Phi) is 4.65. The van der Waals surface area contributed by atoms with Gasteiger partial charge in [0.25, 0.3) is 0 Å². The molecule has 3 fully saturated rings. The number of nitrogens with one attached hydrogen (secondary N) is 1. The number of hydrogen-bond acceptors (Lipinski definition) is 4. The van der Waals surface area contributed by atoms with E-state index in [1.807, 2.05) is 4.90 Å². The minimum atomic E-state index is -1.45. The standard InChI is InChI=1S/C22H17B2Cl4N3O3/c23-20-15-2-1-3-30(15)21(13-7-11(27)8-14(28)16(13)29-17(21)32)22(20,24)19(34)31(18(20)33)12-5-9(25)4-10(26)6-12/h4-8,15H,1-3,23-24H2,(H,29,32). The fourth-order valence-electron chi connectivity index (χ4n) is 7.04. The third-order valence-corrected chi connectivity index (χ3v) is 9.46. The van der Waals surface area contributed by atoms with Crippen molar-refractivity contribution in [3.8, 4) is 0 Å². The van der Waals surface area contributed by atoms with Crippen LogP contribution in [0.1, 0.15) is 18.4 Å². The monoisotopic (exact) mass is 533 g/mol. The van der Waals surface area contributed by atoms with E-state index in [1.54, 1.807) is 27.8 Å². The number of anilines is 2. The van der Waals surface area contributed by atoms with Gasteiger partial charge in [-0.3, -0.25) is 24.2 Å². The number of halogens is 4. The van der Waals surface area contributed by atoms with Crippen LogP contribution in [0.5, 0.6) is 0 Å². The number of rotatable bonds is 1. The first-order valence-electron chi connectivity index (χ1n) is 10.9. The maximum Gasteiger partial charge on any atom is 0.250 e. The second-order valence-corrected chi connectivity index (χ2v) is 11.4. The quantitative estimate of drug-likeness (QED) is 0.451. The van der Waals surface area contributed by atoms with Crippen LogP contribution in [-0.2, 0) is 19.9 Å². The van der Waals surface area contributed by atoms with E-state index in [1.165, 1.54) is 18.2 Å². The van der Waals surface area contributed by atoms with Gasteiger partial charge in [-0.25, -0.2) is 0 Å². The number of amides is 3. The molecule has 2 aromatic rings. The summed E-state index contributed by atoms with van der Waals surface area (Å²) in [5.41, 5.74) is -0.208. The average Bonchev–Trinajstić information content (AvgIpc) is 3.42. The normalized spacial score (nSPS) is 34.1. The zero-order valence-electron chi connectivity index (χ0n) is 18.2. The third-order valence-electron chi connectivity index (χ3n) is 8.51. The lowest BCUT2D eigenvalue weighted by molar-refractivity contribution is -0.134. The highest BCUT2D eigenvalue weighted by molar-refractivity contribution is 6.56. The summed E-state index contributed by atoms with van der Waals surface area (Å²) in [7, 11) is 3.52. The van der Waals surface area contributed by atoms with Gasteiger partial charge in [-0.05, 0) is 49.7 Å². The van der Waals surface area contributed by atoms with Gasteiger partial charge in [-0.15, -0.1) is 0 Å². The molecule has 6 nitrogen and oxygen atoms in total. The van der Waals surface area contributed by atoms with Crippen LogP contribution in [0.4, 0.5) is 11.4 Å². The Hall–Kier alpha value is -1.70. The fraction of sp³-hybridized carbons (Fsp3) is 0.318. The highest BCUT2D eigenvalue weighted by atomic mass is 35.5. The molecule has 4 heterocycles. The van der Waals surface area contributed by atoms with Crippen LogP contribution >= 0.6 is 46.4 Å². The number of hydrogen-bond donors (Lipinski definition) is 1. The predicted molar refractivity (Wildman–Crippen MR) is 138 cm³/mol. The molecule has 0 aromatic heterocycles. The minimum absolute atomic E-state index is 0.284. The summed E-state index contributed by atoms with van der Waals surface area (Å²) in [5.74, 6) is -1.23. The molecule has 1 N–H and O–H groups in total. The van der Waals surface area contributed by atoms with Gasteiger partial charge in [0.15, 0.2) is 0 Å². The maximum absolute atomic E-state index is 14.4. The lowest BCUT2D eigenvalue weighted by atomic mass is 9.39. The first kappa shape index (κ1) is 22.7. The molecule has 6 rings (SSSR count). The zero-order valence-corrected chi connectivity index (χ0v) is 21.2. The number of carbonyl (C=O) groups is 3. The van der Waals surface area contributed by atoms with Crippen molar-refractivity contribution in [2.75, 3.05) is 16.8 Å². The largest absolute Gasteiger partial charge is 0.323 e. The van der Waals surface area contributed by atoms with Crippen LogP contribution in [0, 0.1) is 0 Å². The number of carbonyl (C=O) groups excluding carboxylic acids is 3. The molecule has 12 heteroatoms. The number of nitrogens with zero attached hydrogens (tertiary/aromatic N) is 2. The van der Waals surface area contributed by atoms with Crippen molar-refractivity contribution < 1.29 is 14.4 Å². The summed E-state index contributed by atoms with van der Waals surface area (Å²) in [4.78, 5) is 45.8. The van der Waals surface area contributed by atoms with E-state index in [0.29, 0.717) is 39.3 Å². The second kappa shape index (κ2) is 6.95.